The molecule has 1 heterocycles. The molecule has 1 aliphatic heterocycles. The Morgan fingerprint density at radius 2 is 1.65 bits per heavy atom. The van der Waals surface area contributed by atoms with Crippen LogP contribution < -0.4 is 9.64 Å². The van der Waals surface area contributed by atoms with Gasteiger partial charge in [0.1, 0.15) is 10.1 Å². The zero-order chi connectivity index (χ0) is 23.9. The second-order valence-electron chi connectivity index (χ2n) is 7.63. The molecule has 0 aliphatic carbocycles. The standard InChI is InChI=1S/C27H24N2O3S2/c1-32-23-15-9-8-12-21(23)18-24-26(31)28(27(33)34-24)17-16-25(30)29(22-13-6-3-7-14-22)19-20-10-4-2-5-11-20/h2-15,18H,16-17,19H2,1H3/b24-18-. The Kier molecular flexibility index (Phi) is 7.77. The zero-order valence-corrected chi connectivity index (χ0v) is 20.4. The van der Waals surface area contributed by atoms with Gasteiger partial charge in [-0.2, -0.15) is 0 Å². The molecular weight excluding hydrogens is 464 g/mol. The summed E-state index contributed by atoms with van der Waals surface area (Å²) in [5.41, 5.74) is 2.66. The molecule has 0 spiro atoms. The molecule has 0 saturated carbocycles. The van der Waals surface area contributed by atoms with E-state index in [9.17, 15) is 9.59 Å². The summed E-state index contributed by atoms with van der Waals surface area (Å²) in [6.45, 7) is 0.681. The van der Waals surface area contributed by atoms with Crippen LogP contribution in [0.5, 0.6) is 5.75 Å². The highest BCUT2D eigenvalue weighted by Gasteiger charge is 2.32. The molecule has 7 heteroatoms. The van der Waals surface area contributed by atoms with Gasteiger partial charge in [0.25, 0.3) is 5.91 Å². The van der Waals surface area contributed by atoms with Crippen molar-refractivity contribution in [1.29, 1.82) is 0 Å². The van der Waals surface area contributed by atoms with Gasteiger partial charge >= 0.3 is 0 Å². The van der Waals surface area contributed by atoms with Crippen LogP contribution in [0.15, 0.2) is 89.8 Å². The number of para-hydroxylation sites is 2. The number of thioether (sulfide) groups is 1. The summed E-state index contributed by atoms with van der Waals surface area (Å²) in [5.74, 6) is 0.420. The van der Waals surface area contributed by atoms with Gasteiger partial charge in [-0.3, -0.25) is 14.5 Å². The van der Waals surface area contributed by atoms with Crippen molar-refractivity contribution in [3.8, 4) is 5.75 Å². The lowest BCUT2D eigenvalue weighted by molar-refractivity contribution is -0.123. The maximum absolute atomic E-state index is 13.3. The quantitative estimate of drug-likeness (QED) is 0.309. The SMILES string of the molecule is COc1ccccc1/C=C1\SC(=S)N(CCC(=O)N(Cc2ccccc2)c2ccccc2)C1=O. The van der Waals surface area contributed by atoms with E-state index in [1.165, 1.54) is 16.7 Å². The number of rotatable bonds is 8. The van der Waals surface area contributed by atoms with Crippen LogP contribution in [0.4, 0.5) is 5.69 Å². The molecule has 5 nitrogen and oxygen atoms in total. The average Bonchev–Trinajstić information content (AvgIpc) is 3.14. The lowest BCUT2D eigenvalue weighted by Gasteiger charge is -2.24. The van der Waals surface area contributed by atoms with Crippen molar-refractivity contribution in [1.82, 2.24) is 4.90 Å². The predicted molar refractivity (Wildman–Crippen MR) is 142 cm³/mol. The first-order valence-electron chi connectivity index (χ1n) is 10.8. The van der Waals surface area contributed by atoms with E-state index >= 15 is 0 Å². The molecule has 3 aromatic rings. The second-order valence-corrected chi connectivity index (χ2v) is 9.30. The Bertz CT molecular complexity index is 1210. The number of hydrogen-bond acceptors (Lipinski definition) is 5. The first kappa shape index (κ1) is 23.7. The van der Waals surface area contributed by atoms with Crippen LogP contribution in [0.25, 0.3) is 6.08 Å². The van der Waals surface area contributed by atoms with E-state index in [-0.39, 0.29) is 24.8 Å². The van der Waals surface area contributed by atoms with Gasteiger partial charge < -0.3 is 9.64 Å². The summed E-state index contributed by atoms with van der Waals surface area (Å²) < 4.78 is 5.83. The van der Waals surface area contributed by atoms with E-state index in [0.717, 1.165) is 16.8 Å². The van der Waals surface area contributed by atoms with Gasteiger partial charge in [-0.25, -0.2) is 0 Å². The van der Waals surface area contributed by atoms with Gasteiger partial charge in [0.05, 0.1) is 18.6 Å². The minimum atomic E-state index is -0.192. The topological polar surface area (TPSA) is 49.9 Å². The fraction of sp³-hybridized carbons (Fsp3) is 0.148. The number of carbonyl (C=O) groups is 2. The molecule has 1 fully saturated rings. The third-order valence-corrected chi connectivity index (χ3v) is 6.78. The predicted octanol–water partition coefficient (Wildman–Crippen LogP) is 5.52. The molecule has 3 aromatic carbocycles. The zero-order valence-electron chi connectivity index (χ0n) is 18.7. The van der Waals surface area contributed by atoms with Crippen LogP contribution in [0.2, 0.25) is 0 Å². The molecule has 2 amide bonds. The molecule has 1 saturated heterocycles. The van der Waals surface area contributed by atoms with Crippen LogP contribution in [0, 0.1) is 0 Å². The largest absolute Gasteiger partial charge is 0.496 e. The number of methoxy groups -OCH3 is 1. The van der Waals surface area contributed by atoms with Crippen molar-refractivity contribution >= 4 is 51.9 Å². The Hall–Kier alpha value is -3.42. The Morgan fingerprint density at radius 3 is 2.35 bits per heavy atom. The van der Waals surface area contributed by atoms with Crippen molar-refractivity contribution in [2.75, 3.05) is 18.6 Å². The number of benzene rings is 3. The third kappa shape index (κ3) is 5.55. The van der Waals surface area contributed by atoms with Crippen molar-refractivity contribution < 1.29 is 14.3 Å². The van der Waals surface area contributed by atoms with Gasteiger partial charge in [0.2, 0.25) is 5.91 Å². The molecule has 0 bridgehead atoms. The van der Waals surface area contributed by atoms with Crippen LogP contribution in [0.1, 0.15) is 17.5 Å². The van der Waals surface area contributed by atoms with Gasteiger partial charge in [-0.05, 0) is 29.8 Å². The van der Waals surface area contributed by atoms with E-state index in [1.54, 1.807) is 18.1 Å². The van der Waals surface area contributed by atoms with E-state index in [4.69, 9.17) is 17.0 Å². The summed E-state index contributed by atoms with van der Waals surface area (Å²) in [5, 5.41) is 0. The molecule has 0 unspecified atom stereocenters. The minimum Gasteiger partial charge on any atom is -0.496 e. The van der Waals surface area contributed by atoms with Crippen LogP contribution in [0.3, 0.4) is 0 Å². The summed E-state index contributed by atoms with van der Waals surface area (Å²) in [4.78, 5) is 30.1. The molecule has 0 aromatic heterocycles. The Labute approximate surface area is 209 Å². The molecule has 0 atom stereocenters. The van der Waals surface area contributed by atoms with Crippen LogP contribution >= 0.6 is 24.0 Å². The van der Waals surface area contributed by atoms with Gasteiger partial charge in [0.15, 0.2) is 0 Å². The Morgan fingerprint density at radius 1 is 1.00 bits per heavy atom. The fourth-order valence-electron chi connectivity index (χ4n) is 3.66. The summed E-state index contributed by atoms with van der Waals surface area (Å²) in [7, 11) is 1.59. The minimum absolute atomic E-state index is 0.0715. The van der Waals surface area contributed by atoms with Crippen molar-refractivity contribution in [3.05, 3.63) is 101 Å². The molecule has 0 N–H and O–H groups in total. The van der Waals surface area contributed by atoms with E-state index in [2.05, 4.69) is 0 Å². The Balaban J connectivity index is 1.47. The summed E-state index contributed by atoms with van der Waals surface area (Å²) >= 11 is 6.70. The normalized spacial score (nSPS) is 14.5. The maximum Gasteiger partial charge on any atom is 0.266 e. The second kappa shape index (κ2) is 11.1. The van der Waals surface area contributed by atoms with Gasteiger partial charge in [0, 0.05) is 24.2 Å². The van der Waals surface area contributed by atoms with Crippen molar-refractivity contribution in [2.24, 2.45) is 0 Å². The van der Waals surface area contributed by atoms with Crippen LogP contribution in [-0.4, -0.2) is 34.7 Å². The smallest absolute Gasteiger partial charge is 0.266 e. The number of amides is 2. The highest BCUT2D eigenvalue weighted by atomic mass is 32.2. The molecule has 1 aliphatic rings. The van der Waals surface area contributed by atoms with E-state index in [0.29, 0.717) is 21.5 Å². The monoisotopic (exact) mass is 488 g/mol. The number of hydrogen-bond donors (Lipinski definition) is 0. The van der Waals surface area contributed by atoms with E-state index in [1.807, 2.05) is 84.9 Å². The van der Waals surface area contributed by atoms with Crippen molar-refractivity contribution in [3.63, 3.8) is 0 Å². The van der Waals surface area contributed by atoms with Crippen LogP contribution in [-0.2, 0) is 16.1 Å². The number of thiocarbonyl (C=S) groups is 1. The molecule has 34 heavy (non-hydrogen) atoms. The van der Waals surface area contributed by atoms with Crippen molar-refractivity contribution in [2.45, 2.75) is 13.0 Å². The maximum atomic E-state index is 13.3. The number of ether oxygens (including phenoxy) is 1. The first-order chi connectivity index (χ1) is 16.6. The highest BCUT2D eigenvalue weighted by Crippen LogP contribution is 2.34. The first-order valence-corrected chi connectivity index (χ1v) is 12.1. The highest BCUT2D eigenvalue weighted by molar-refractivity contribution is 8.26. The summed E-state index contributed by atoms with van der Waals surface area (Å²) in [6, 6.07) is 26.9. The number of anilines is 1. The summed E-state index contributed by atoms with van der Waals surface area (Å²) in [6.07, 6.45) is 1.95. The van der Waals surface area contributed by atoms with Gasteiger partial charge in [-0.15, -0.1) is 0 Å². The lowest BCUT2D eigenvalue weighted by Crippen LogP contribution is -2.36. The average molecular weight is 489 g/mol. The number of nitrogens with zero attached hydrogens (tertiary/aromatic N) is 2. The fourth-order valence-corrected chi connectivity index (χ4v) is 4.96. The molecule has 0 radical (unpaired) electrons. The molecular formula is C27H24N2O3S2. The number of carbonyl (C=O) groups excluding carboxylic acids is 2. The molecule has 172 valence electrons. The third-order valence-electron chi connectivity index (χ3n) is 5.40. The molecule has 4 rings (SSSR count). The lowest BCUT2D eigenvalue weighted by atomic mass is 10.1. The van der Waals surface area contributed by atoms with Gasteiger partial charge in [-0.1, -0.05) is 90.7 Å². The van der Waals surface area contributed by atoms with E-state index < -0.39 is 0 Å².